The highest BCUT2D eigenvalue weighted by Gasteiger charge is 2.12. The first kappa shape index (κ1) is 12.9. The van der Waals surface area contributed by atoms with Crippen molar-refractivity contribution < 1.29 is 10.2 Å². The fourth-order valence-corrected chi connectivity index (χ4v) is 1.77. The summed E-state index contributed by atoms with van der Waals surface area (Å²) in [5, 5.41) is 19.4. The molecule has 1 aromatic carbocycles. The van der Waals surface area contributed by atoms with Crippen LogP contribution in [0.4, 0.5) is 0 Å². The molecule has 2 N–H and O–H groups in total. The van der Waals surface area contributed by atoms with Crippen molar-refractivity contribution in [3.63, 3.8) is 0 Å². The Morgan fingerprint density at radius 2 is 1.81 bits per heavy atom. The van der Waals surface area contributed by atoms with Gasteiger partial charge in [0.1, 0.15) is 0 Å². The highest BCUT2D eigenvalue weighted by atomic mass is 16.3. The average Bonchev–Trinajstić information content (AvgIpc) is 2.17. The largest absolute Gasteiger partial charge is 0.393 e. The zero-order valence-corrected chi connectivity index (χ0v) is 9.76. The minimum Gasteiger partial charge on any atom is -0.393 e. The molecule has 2 heteroatoms. The van der Waals surface area contributed by atoms with Crippen LogP contribution in [-0.2, 0) is 6.42 Å². The molecule has 0 fully saturated rings. The zero-order chi connectivity index (χ0) is 12.0. The van der Waals surface area contributed by atoms with Gasteiger partial charge in [-0.25, -0.2) is 0 Å². The Labute approximate surface area is 97.2 Å². The van der Waals surface area contributed by atoms with E-state index in [0.29, 0.717) is 19.3 Å². The quantitative estimate of drug-likeness (QED) is 0.722. The molecule has 0 spiro atoms. The third-order valence-electron chi connectivity index (χ3n) is 2.44. The van der Waals surface area contributed by atoms with Crippen molar-refractivity contribution in [2.24, 2.45) is 0 Å². The number of aliphatic hydroxyl groups excluding tert-OH is 2. The third-order valence-corrected chi connectivity index (χ3v) is 2.44. The zero-order valence-electron chi connectivity index (χ0n) is 9.76. The van der Waals surface area contributed by atoms with Gasteiger partial charge in [0.05, 0.1) is 12.2 Å². The first-order chi connectivity index (χ1) is 7.58. The summed E-state index contributed by atoms with van der Waals surface area (Å²) >= 11 is 0. The number of hydrogen-bond donors (Lipinski definition) is 2. The van der Waals surface area contributed by atoms with Crippen molar-refractivity contribution in [1.29, 1.82) is 0 Å². The highest BCUT2D eigenvalue weighted by Crippen LogP contribution is 2.11. The van der Waals surface area contributed by atoms with Gasteiger partial charge in [-0.15, -0.1) is 6.58 Å². The molecular formula is C14H20O2. The summed E-state index contributed by atoms with van der Waals surface area (Å²) in [4.78, 5) is 0. The SMILES string of the molecule is C=C(C)C[C@H](O)C[C@@H](O)Cc1ccccc1. The molecule has 0 aliphatic rings. The van der Waals surface area contributed by atoms with E-state index in [1.54, 1.807) is 0 Å². The molecule has 0 heterocycles. The van der Waals surface area contributed by atoms with E-state index in [2.05, 4.69) is 6.58 Å². The molecule has 2 nitrogen and oxygen atoms in total. The van der Waals surface area contributed by atoms with E-state index >= 15 is 0 Å². The molecule has 0 amide bonds. The van der Waals surface area contributed by atoms with E-state index < -0.39 is 12.2 Å². The molecule has 0 saturated heterocycles. The fourth-order valence-electron chi connectivity index (χ4n) is 1.77. The lowest BCUT2D eigenvalue weighted by atomic mass is 10.00. The second-order valence-corrected chi connectivity index (χ2v) is 4.39. The summed E-state index contributed by atoms with van der Waals surface area (Å²) in [5.74, 6) is 0. The number of rotatable bonds is 6. The van der Waals surface area contributed by atoms with Gasteiger partial charge >= 0.3 is 0 Å². The van der Waals surface area contributed by atoms with Gasteiger partial charge in [0, 0.05) is 0 Å². The van der Waals surface area contributed by atoms with Gasteiger partial charge in [-0.05, 0) is 31.7 Å². The van der Waals surface area contributed by atoms with Crippen LogP contribution in [-0.4, -0.2) is 22.4 Å². The summed E-state index contributed by atoms with van der Waals surface area (Å²) in [5.41, 5.74) is 2.04. The predicted molar refractivity (Wildman–Crippen MR) is 66.2 cm³/mol. The summed E-state index contributed by atoms with van der Waals surface area (Å²) in [6.45, 7) is 5.63. The van der Waals surface area contributed by atoms with Crippen LogP contribution in [0.2, 0.25) is 0 Å². The molecule has 0 bridgehead atoms. The van der Waals surface area contributed by atoms with Gasteiger partial charge in [-0.3, -0.25) is 0 Å². The lowest BCUT2D eigenvalue weighted by Crippen LogP contribution is -2.19. The molecule has 88 valence electrons. The smallest absolute Gasteiger partial charge is 0.0605 e. The van der Waals surface area contributed by atoms with E-state index in [4.69, 9.17) is 0 Å². The topological polar surface area (TPSA) is 40.5 Å². The van der Waals surface area contributed by atoms with Gasteiger partial charge in [0.15, 0.2) is 0 Å². The van der Waals surface area contributed by atoms with Crippen molar-refractivity contribution in [1.82, 2.24) is 0 Å². The van der Waals surface area contributed by atoms with E-state index in [-0.39, 0.29) is 0 Å². The number of benzene rings is 1. The Balaban J connectivity index is 2.36. The highest BCUT2D eigenvalue weighted by molar-refractivity contribution is 5.15. The molecule has 0 aliphatic heterocycles. The maximum Gasteiger partial charge on any atom is 0.0605 e. The van der Waals surface area contributed by atoms with Gasteiger partial charge in [0.25, 0.3) is 0 Å². The van der Waals surface area contributed by atoms with Crippen LogP contribution in [0.3, 0.4) is 0 Å². The molecule has 0 unspecified atom stereocenters. The molecule has 1 rings (SSSR count). The normalized spacial score (nSPS) is 14.4. The number of hydrogen-bond acceptors (Lipinski definition) is 2. The Hall–Kier alpha value is -1.12. The lowest BCUT2D eigenvalue weighted by Gasteiger charge is -2.15. The minimum absolute atomic E-state index is 0.405. The molecule has 0 saturated carbocycles. The van der Waals surface area contributed by atoms with E-state index in [1.165, 1.54) is 0 Å². The van der Waals surface area contributed by atoms with Gasteiger partial charge in [-0.1, -0.05) is 35.9 Å². The summed E-state index contributed by atoms with van der Waals surface area (Å²) in [6, 6.07) is 9.81. The first-order valence-corrected chi connectivity index (χ1v) is 5.62. The Bertz CT molecular complexity index is 319. The molecule has 16 heavy (non-hydrogen) atoms. The maximum atomic E-state index is 9.80. The summed E-state index contributed by atoms with van der Waals surface area (Å²) in [6.07, 6.45) is 0.578. The Morgan fingerprint density at radius 1 is 1.19 bits per heavy atom. The van der Waals surface area contributed by atoms with Crippen LogP contribution in [0.25, 0.3) is 0 Å². The molecule has 0 aromatic heterocycles. The van der Waals surface area contributed by atoms with E-state index in [0.717, 1.165) is 11.1 Å². The lowest BCUT2D eigenvalue weighted by molar-refractivity contribution is 0.0811. The van der Waals surface area contributed by atoms with Gasteiger partial charge < -0.3 is 10.2 Å². The van der Waals surface area contributed by atoms with Crippen LogP contribution >= 0.6 is 0 Å². The van der Waals surface area contributed by atoms with Crippen molar-refractivity contribution in [3.8, 4) is 0 Å². The second kappa shape index (κ2) is 6.46. The second-order valence-electron chi connectivity index (χ2n) is 4.39. The van der Waals surface area contributed by atoms with Gasteiger partial charge in [0.2, 0.25) is 0 Å². The molecular weight excluding hydrogens is 200 g/mol. The average molecular weight is 220 g/mol. The predicted octanol–water partition coefficient (Wildman–Crippen LogP) is 2.31. The van der Waals surface area contributed by atoms with Crippen molar-refractivity contribution in [2.75, 3.05) is 0 Å². The van der Waals surface area contributed by atoms with Crippen molar-refractivity contribution in [3.05, 3.63) is 48.0 Å². The summed E-state index contributed by atoms with van der Waals surface area (Å²) < 4.78 is 0. The van der Waals surface area contributed by atoms with E-state index in [9.17, 15) is 10.2 Å². The standard InChI is InChI=1S/C14H20O2/c1-11(2)8-13(15)10-14(16)9-12-6-4-3-5-7-12/h3-7,13-16H,1,8-10H2,2H3/t13-,14-/m0/s1. The first-order valence-electron chi connectivity index (χ1n) is 5.62. The Kier molecular flexibility index (Phi) is 5.23. The molecule has 0 aliphatic carbocycles. The fraction of sp³-hybridized carbons (Fsp3) is 0.429. The maximum absolute atomic E-state index is 9.80. The van der Waals surface area contributed by atoms with Crippen LogP contribution in [0.15, 0.2) is 42.5 Å². The van der Waals surface area contributed by atoms with Crippen LogP contribution in [0, 0.1) is 0 Å². The molecule has 2 atom stereocenters. The third kappa shape index (κ3) is 5.10. The van der Waals surface area contributed by atoms with Crippen molar-refractivity contribution >= 4 is 0 Å². The van der Waals surface area contributed by atoms with Crippen molar-refractivity contribution in [2.45, 2.75) is 38.4 Å². The van der Waals surface area contributed by atoms with Crippen LogP contribution in [0.1, 0.15) is 25.3 Å². The molecule has 0 radical (unpaired) electrons. The van der Waals surface area contributed by atoms with Gasteiger partial charge in [-0.2, -0.15) is 0 Å². The molecule has 1 aromatic rings. The van der Waals surface area contributed by atoms with E-state index in [1.807, 2.05) is 37.3 Å². The van der Waals surface area contributed by atoms with Crippen LogP contribution in [0.5, 0.6) is 0 Å². The Morgan fingerprint density at radius 3 is 2.38 bits per heavy atom. The monoisotopic (exact) mass is 220 g/mol. The summed E-state index contributed by atoms with van der Waals surface area (Å²) in [7, 11) is 0. The van der Waals surface area contributed by atoms with Crippen LogP contribution < -0.4 is 0 Å². The minimum atomic E-state index is -0.490. The number of aliphatic hydroxyl groups is 2.